The van der Waals surface area contributed by atoms with Crippen molar-refractivity contribution in [1.29, 1.82) is 0 Å². The van der Waals surface area contributed by atoms with Crippen molar-refractivity contribution in [1.82, 2.24) is 9.97 Å². The fourth-order valence-corrected chi connectivity index (χ4v) is 1.95. The van der Waals surface area contributed by atoms with Gasteiger partial charge in [0.15, 0.2) is 0 Å². The Morgan fingerprint density at radius 3 is 3.00 bits per heavy atom. The number of aryl methyl sites for hydroxylation is 2. The van der Waals surface area contributed by atoms with Gasteiger partial charge in [0.1, 0.15) is 17.4 Å². The van der Waals surface area contributed by atoms with Gasteiger partial charge in [-0.05, 0) is 19.4 Å². The summed E-state index contributed by atoms with van der Waals surface area (Å²) in [5.41, 5.74) is 1.26. The molecule has 0 aromatic carbocycles. The summed E-state index contributed by atoms with van der Waals surface area (Å²) < 4.78 is 0. The first-order chi connectivity index (χ1) is 5.29. The standard InChI is InChI=1S/C8H7N2S/c1-5-6(2)11-8-7(5)3-9-4-10-8/h4H,1-2H3. The van der Waals surface area contributed by atoms with Crippen LogP contribution < -0.4 is 0 Å². The van der Waals surface area contributed by atoms with Crippen molar-refractivity contribution in [2.24, 2.45) is 0 Å². The van der Waals surface area contributed by atoms with E-state index in [4.69, 9.17) is 0 Å². The van der Waals surface area contributed by atoms with E-state index in [0.717, 1.165) is 10.2 Å². The summed E-state index contributed by atoms with van der Waals surface area (Å²) in [5, 5.41) is 1.06. The second kappa shape index (κ2) is 2.27. The van der Waals surface area contributed by atoms with Crippen LogP contribution in [0.2, 0.25) is 0 Å². The van der Waals surface area contributed by atoms with Crippen LogP contribution in [-0.4, -0.2) is 9.97 Å². The summed E-state index contributed by atoms with van der Waals surface area (Å²) in [6, 6.07) is 0. The number of rotatable bonds is 0. The van der Waals surface area contributed by atoms with Gasteiger partial charge in [0.25, 0.3) is 0 Å². The van der Waals surface area contributed by atoms with E-state index in [9.17, 15) is 0 Å². The van der Waals surface area contributed by atoms with Crippen LogP contribution in [-0.2, 0) is 0 Å². The number of hydrogen-bond donors (Lipinski definition) is 0. The topological polar surface area (TPSA) is 25.8 Å². The summed E-state index contributed by atoms with van der Waals surface area (Å²) in [6.45, 7) is 4.17. The normalized spacial score (nSPS) is 10.7. The summed E-state index contributed by atoms with van der Waals surface area (Å²) in [7, 11) is 0. The zero-order valence-corrected chi connectivity index (χ0v) is 7.20. The molecule has 0 aliphatic heterocycles. The molecular formula is C8H7N2S. The van der Waals surface area contributed by atoms with E-state index < -0.39 is 0 Å². The monoisotopic (exact) mass is 163 g/mol. The van der Waals surface area contributed by atoms with Gasteiger partial charge in [0.05, 0.1) is 0 Å². The third-order valence-corrected chi connectivity index (χ3v) is 2.89. The number of aromatic nitrogens is 2. The molecule has 0 fully saturated rings. The molecule has 0 spiro atoms. The van der Waals surface area contributed by atoms with Crippen molar-refractivity contribution in [3.63, 3.8) is 0 Å². The molecule has 0 unspecified atom stereocenters. The average Bonchev–Trinajstić information content (AvgIpc) is 2.30. The molecule has 11 heavy (non-hydrogen) atoms. The molecule has 2 aromatic heterocycles. The van der Waals surface area contributed by atoms with E-state index in [-0.39, 0.29) is 0 Å². The summed E-state index contributed by atoms with van der Waals surface area (Å²) in [4.78, 5) is 10.3. The lowest BCUT2D eigenvalue weighted by Crippen LogP contribution is -1.76. The Morgan fingerprint density at radius 1 is 1.45 bits per heavy atom. The Bertz CT molecular complexity index is 392. The molecule has 1 radical (unpaired) electrons. The van der Waals surface area contributed by atoms with E-state index >= 15 is 0 Å². The van der Waals surface area contributed by atoms with Gasteiger partial charge in [0, 0.05) is 10.3 Å². The molecule has 0 bridgehead atoms. The molecule has 0 N–H and O–H groups in total. The lowest BCUT2D eigenvalue weighted by Gasteiger charge is -1.86. The van der Waals surface area contributed by atoms with Crippen LogP contribution in [0, 0.1) is 20.0 Å². The maximum Gasteiger partial charge on any atom is 0.127 e. The average molecular weight is 163 g/mol. The Balaban J connectivity index is 2.92. The number of fused-ring (bicyclic) bond motifs is 1. The van der Waals surface area contributed by atoms with Crippen molar-refractivity contribution in [2.75, 3.05) is 0 Å². The second-order valence-corrected chi connectivity index (χ2v) is 3.65. The van der Waals surface area contributed by atoms with Gasteiger partial charge < -0.3 is 0 Å². The van der Waals surface area contributed by atoms with E-state index in [1.165, 1.54) is 16.8 Å². The van der Waals surface area contributed by atoms with Crippen LogP contribution >= 0.6 is 11.3 Å². The Kier molecular flexibility index (Phi) is 1.39. The Hall–Kier alpha value is -0.960. The predicted octanol–water partition coefficient (Wildman–Crippen LogP) is 2.11. The van der Waals surface area contributed by atoms with Crippen LogP contribution in [0.15, 0.2) is 6.33 Å². The van der Waals surface area contributed by atoms with Crippen LogP contribution in [0.3, 0.4) is 0 Å². The molecule has 2 heterocycles. The van der Waals surface area contributed by atoms with Crippen molar-refractivity contribution in [2.45, 2.75) is 13.8 Å². The van der Waals surface area contributed by atoms with Gasteiger partial charge >= 0.3 is 0 Å². The SMILES string of the molecule is Cc1sc2ncn[c]c2c1C. The summed E-state index contributed by atoms with van der Waals surface area (Å²) in [6.07, 6.45) is 4.48. The van der Waals surface area contributed by atoms with Crippen LogP contribution in [0.4, 0.5) is 0 Å². The maximum atomic E-state index is 4.14. The Morgan fingerprint density at radius 2 is 2.27 bits per heavy atom. The molecule has 0 saturated carbocycles. The van der Waals surface area contributed by atoms with Crippen LogP contribution in [0.5, 0.6) is 0 Å². The van der Waals surface area contributed by atoms with Gasteiger partial charge in [-0.15, -0.1) is 11.3 Å². The van der Waals surface area contributed by atoms with E-state index in [2.05, 4.69) is 30.0 Å². The highest BCUT2D eigenvalue weighted by molar-refractivity contribution is 7.18. The quantitative estimate of drug-likeness (QED) is 0.594. The number of nitrogens with zero attached hydrogens (tertiary/aromatic N) is 2. The minimum atomic E-state index is 1.04. The fourth-order valence-electron chi connectivity index (χ4n) is 1.01. The molecule has 3 heteroatoms. The van der Waals surface area contributed by atoms with Crippen molar-refractivity contribution in [3.8, 4) is 0 Å². The van der Waals surface area contributed by atoms with Crippen LogP contribution in [0.25, 0.3) is 10.2 Å². The minimum Gasteiger partial charge on any atom is -0.234 e. The number of thiophene rings is 1. The first-order valence-corrected chi connectivity index (χ1v) is 4.19. The van der Waals surface area contributed by atoms with E-state index in [1.54, 1.807) is 11.3 Å². The lowest BCUT2D eigenvalue weighted by atomic mass is 10.2. The first kappa shape index (κ1) is 6.73. The van der Waals surface area contributed by atoms with Gasteiger partial charge in [-0.2, -0.15) is 0 Å². The van der Waals surface area contributed by atoms with Gasteiger partial charge in [0.2, 0.25) is 0 Å². The summed E-state index contributed by atoms with van der Waals surface area (Å²) in [5.74, 6) is 0. The van der Waals surface area contributed by atoms with Gasteiger partial charge in [-0.1, -0.05) is 0 Å². The minimum absolute atomic E-state index is 1.04. The largest absolute Gasteiger partial charge is 0.234 e. The molecule has 55 valence electrons. The molecule has 0 aliphatic rings. The molecule has 0 amide bonds. The fraction of sp³-hybridized carbons (Fsp3) is 0.250. The highest BCUT2D eigenvalue weighted by atomic mass is 32.1. The predicted molar refractivity (Wildman–Crippen MR) is 45.7 cm³/mol. The molecular weight excluding hydrogens is 156 g/mol. The Labute approximate surface area is 68.9 Å². The third kappa shape index (κ3) is 0.922. The summed E-state index contributed by atoms with van der Waals surface area (Å²) >= 11 is 1.70. The molecule has 0 atom stereocenters. The highest BCUT2D eigenvalue weighted by Gasteiger charge is 2.04. The van der Waals surface area contributed by atoms with Crippen LogP contribution in [0.1, 0.15) is 10.4 Å². The first-order valence-electron chi connectivity index (χ1n) is 3.37. The zero-order valence-electron chi connectivity index (χ0n) is 6.38. The lowest BCUT2D eigenvalue weighted by molar-refractivity contribution is 1.22. The zero-order chi connectivity index (χ0) is 7.84. The molecule has 0 aliphatic carbocycles. The number of hydrogen-bond acceptors (Lipinski definition) is 3. The van der Waals surface area contributed by atoms with Gasteiger partial charge in [-0.3, -0.25) is 0 Å². The van der Waals surface area contributed by atoms with Crippen molar-refractivity contribution in [3.05, 3.63) is 23.0 Å². The second-order valence-electron chi connectivity index (χ2n) is 2.45. The third-order valence-electron chi connectivity index (χ3n) is 1.78. The van der Waals surface area contributed by atoms with E-state index in [1.807, 2.05) is 0 Å². The molecule has 0 saturated heterocycles. The highest BCUT2D eigenvalue weighted by Crippen LogP contribution is 2.26. The smallest absolute Gasteiger partial charge is 0.127 e. The molecule has 2 nitrogen and oxygen atoms in total. The molecule has 2 aromatic rings. The van der Waals surface area contributed by atoms with Crippen molar-refractivity contribution < 1.29 is 0 Å². The maximum absolute atomic E-state index is 4.14. The molecule has 2 rings (SSSR count). The van der Waals surface area contributed by atoms with E-state index in [0.29, 0.717) is 0 Å². The van der Waals surface area contributed by atoms with Crippen molar-refractivity contribution >= 4 is 21.6 Å². The van der Waals surface area contributed by atoms with Gasteiger partial charge in [-0.25, -0.2) is 9.97 Å².